The third kappa shape index (κ3) is 5.00. The molecule has 9 heteroatoms. The Balaban J connectivity index is 1.22. The maximum atomic E-state index is 13.1. The molecule has 3 aliphatic rings. The lowest BCUT2D eigenvalue weighted by Crippen LogP contribution is -2.54. The van der Waals surface area contributed by atoms with Gasteiger partial charge in [-0.1, -0.05) is 0 Å². The van der Waals surface area contributed by atoms with Crippen molar-refractivity contribution >= 4 is 5.82 Å². The van der Waals surface area contributed by atoms with Crippen LogP contribution in [0.2, 0.25) is 0 Å². The van der Waals surface area contributed by atoms with Crippen LogP contribution in [0.5, 0.6) is 5.75 Å². The topological polar surface area (TPSA) is 104 Å². The minimum Gasteiger partial charge on any atom is -0.485 e. The van der Waals surface area contributed by atoms with E-state index in [4.69, 9.17) is 10.00 Å². The summed E-state index contributed by atoms with van der Waals surface area (Å²) in [5, 5.41) is 19.9. The molecule has 2 aliphatic carbocycles. The Bertz CT molecular complexity index is 1230. The lowest BCUT2D eigenvalue weighted by molar-refractivity contribution is -0.0449. The number of β-amino-alcohol motifs (C(OH)–C–C–N with tert-alkyl or cyclic N) is 1. The Labute approximate surface area is 204 Å². The highest BCUT2D eigenvalue weighted by molar-refractivity contribution is 5.40. The summed E-state index contributed by atoms with van der Waals surface area (Å²) in [6, 6.07) is 10.9. The quantitative estimate of drug-likeness (QED) is 0.617. The van der Waals surface area contributed by atoms with Crippen LogP contribution < -0.4 is 20.9 Å². The molecule has 2 heterocycles. The van der Waals surface area contributed by atoms with Crippen LogP contribution >= 0.6 is 0 Å². The molecule has 0 amide bonds. The Kier molecular flexibility index (Phi) is 6.20. The normalized spacial score (nSPS) is 19.9. The van der Waals surface area contributed by atoms with Crippen LogP contribution in [0.1, 0.15) is 57.2 Å². The van der Waals surface area contributed by atoms with Crippen molar-refractivity contribution in [3.63, 3.8) is 0 Å². The molecule has 1 unspecified atom stereocenters. The van der Waals surface area contributed by atoms with E-state index >= 15 is 0 Å². The number of piperazine rings is 1. The first-order valence-corrected chi connectivity index (χ1v) is 12.5. The van der Waals surface area contributed by atoms with E-state index in [0.29, 0.717) is 44.0 Å². The summed E-state index contributed by atoms with van der Waals surface area (Å²) in [7, 11) is 0. The van der Waals surface area contributed by atoms with Crippen LogP contribution in [0, 0.1) is 11.3 Å². The maximum absolute atomic E-state index is 13.1. The summed E-state index contributed by atoms with van der Waals surface area (Å²) in [5.74, 6) is 1.35. The van der Waals surface area contributed by atoms with Gasteiger partial charge < -0.3 is 14.7 Å². The number of nitrogens with zero attached hydrogens (tertiary/aromatic N) is 5. The number of anilines is 1. The molecule has 1 N–H and O–H groups in total. The van der Waals surface area contributed by atoms with Crippen molar-refractivity contribution in [2.45, 2.75) is 63.3 Å². The van der Waals surface area contributed by atoms with Crippen LogP contribution in [-0.2, 0) is 0 Å². The molecular formula is C26H33N5O4. The van der Waals surface area contributed by atoms with Crippen LogP contribution in [0.15, 0.2) is 39.9 Å². The second-order valence-electron chi connectivity index (χ2n) is 10.5. The summed E-state index contributed by atoms with van der Waals surface area (Å²) in [4.78, 5) is 30.2. The van der Waals surface area contributed by atoms with Crippen molar-refractivity contribution < 1.29 is 9.84 Å². The van der Waals surface area contributed by atoms with Gasteiger partial charge in [-0.2, -0.15) is 5.26 Å². The SMILES string of the molecule is CC(C)(Oc1ccc(C#N)cc1)C(O)CN1CCN(c2cc(=O)n(C3CC3)c(=O)n2C2CC2)CC1. The van der Waals surface area contributed by atoms with Gasteiger partial charge in [0.15, 0.2) is 0 Å². The van der Waals surface area contributed by atoms with E-state index < -0.39 is 11.7 Å². The van der Waals surface area contributed by atoms with Crippen molar-refractivity contribution in [1.82, 2.24) is 14.0 Å². The predicted octanol–water partition coefficient (Wildman–Crippen LogP) is 1.89. The highest BCUT2D eigenvalue weighted by atomic mass is 16.5. The van der Waals surface area contributed by atoms with Gasteiger partial charge >= 0.3 is 5.69 Å². The molecule has 5 rings (SSSR count). The van der Waals surface area contributed by atoms with Gasteiger partial charge in [0, 0.05) is 50.9 Å². The smallest absolute Gasteiger partial charge is 0.333 e. The Morgan fingerprint density at radius 1 is 1.03 bits per heavy atom. The fourth-order valence-electron chi connectivity index (χ4n) is 4.74. The van der Waals surface area contributed by atoms with Crippen molar-refractivity contribution in [1.29, 1.82) is 5.26 Å². The highest BCUT2D eigenvalue weighted by Gasteiger charge is 2.36. The fraction of sp³-hybridized carbons (Fsp3) is 0.577. The second kappa shape index (κ2) is 9.17. The molecular weight excluding hydrogens is 446 g/mol. The molecule has 0 radical (unpaired) electrons. The lowest BCUT2D eigenvalue weighted by Gasteiger charge is -2.40. The number of nitriles is 1. The molecule has 2 aromatic rings. The van der Waals surface area contributed by atoms with Crippen LogP contribution in [-0.4, -0.2) is 63.6 Å². The molecule has 186 valence electrons. The van der Waals surface area contributed by atoms with E-state index in [1.54, 1.807) is 30.3 Å². The number of hydrogen-bond donors (Lipinski definition) is 1. The summed E-state index contributed by atoms with van der Waals surface area (Å²) >= 11 is 0. The van der Waals surface area contributed by atoms with Crippen molar-refractivity contribution in [2.75, 3.05) is 37.6 Å². The van der Waals surface area contributed by atoms with Gasteiger partial charge in [-0.05, 0) is 63.8 Å². The average Bonchev–Trinajstić information content (AvgIpc) is 3.74. The number of rotatable bonds is 8. The number of aliphatic hydroxyl groups is 1. The number of aromatic nitrogens is 2. The zero-order chi connectivity index (χ0) is 24.7. The predicted molar refractivity (Wildman–Crippen MR) is 132 cm³/mol. The average molecular weight is 480 g/mol. The first-order chi connectivity index (χ1) is 16.8. The third-order valence-corrected chi connectivity index (χ3v) is 7.27. The summed E-state index contributed by atoms with van der Waals surface area (Å²) < 4.78 is 9.33. The number of hydrogen-bond acceptors (Lipinski definition) is 7. The van der Waals surface area contributed by atoms with Gasteiger partial charge in [-0.3, -0.25) is 18.8 Å². The molecule has 1 saturated heterocycles. The van der Waals surface area contributed by atoms with Crippen molar-refractivity contribution in [3.8, 4) is 11.8 Å². The summed E-state index contributed by atoms with van der Waals surface area (Å²) in [6.45, 7) is 6.97. The largest absolute Gasteiger partial charge is 0.485 e. The van der Waals surface area contributed by atoms with Gasteiger partial charge in [0.1, 0.15) is 23.3 Å². The minimum atomic E-state index is -0.814. The van der Waals surface area contributed by atoms with Gasteiger partial charge in [0.05, 0.1) is 11.6 Å². The first kappa shape index (κ1) is 23.6. The lowest BCUT2D eigenvalue weighted by atomic mass is 10.0. The van der Waals surface area contributed by atoms with Crippen LogP contribution in [0.25, 0.3) is 0 Å². The first-order valence-electron chi connectivity index (χ1n) is 12.5. The minimum absolute atomic E-state index is 0.0715. The van der Waals surface area contributed by atoms with Gasteiger partial charge in [-0.15, -0.1) is 0 Å². The van der Waals surface area contributed by atoms with Crippen LogP contribution in [0.3, 0.4) is 0 Å². The molecule has 35 heavy (non-hydrogen) atoms. The van der Waals surface area contributed by atoms with Crippen molar-refractivity contribution in [2.24, 2.45) is 0 Å². The maximum Gasteiger partial charge on any atom is 0.333 e. The summed E-state index contributed by atoms with van der Waals surface area (Å²) in [5.41, 5.74) is -0.600. The Morgan fingerprint density at radius 2 is 1.63 bits per heavy atom. The van der Waals surface area contributed by atoms with Crippen molar-refractivity contribution in [3.05, 3.63) is 56.7 Å². The van der Waals surface area contributed by atoms with Gasteiger partial charge in [0.2, 0.25) is 0 Å². The molecule has 1 aromatic carbocycles. The molecule has 2 saturated carbocycles. The zero-order valence-electron chi connectivity index (χ0n) is 20.4. The fourth-order valence-corrected chi connectivity index (χ4v) is 4.74. The standard InChI is InChI=1S/C26H33N5O4/c1-26(2,35-21-9-3-18(16-27)4-10-21)22(32)17-28-11-13-29(14-12-28)23-15-24(33)31(20-7-8-20)25(34)30(23)19-5-6-19/h3-4,9-10,15,19-20,22,32H,5-8,11-14,17H2,1-2H3. The molecule has 9 nitrogen and oxygen atoms in total. The third-order valence-electron chi connectivity index (χ3n) is 7.27. The van der Waals surface area contributed by atoms with E-state index in [9.17, 15) is 14.7 Å². The van der Waals surface area contributed by atoms with E-state index in [-0.39, 0.29) is 23.3 Å². The number of ether oxygens (including phenoxy) is 1. The second-order valence-corrected chi connectivity index (χ2v) is 10.5. The van der Waals surface area contributed by atoms with E-state index in [1.807, 2.05) is 18.4 Å². The monoisotopic (exact) mass is 479 g/mol. The Hall–Kier alpha value is -3.09. The molecule has 0 spiro atoms. The molecule has 1 aliphatic heterocycles. The number of benzene rings is 1. The van der Waals surface area contributed by atoms with Crippen LogP contribution in [0.4, 0.5) is 5.82 Å². The molecule has 3 fully saturated rings. The number of aliphatic hydroxyl groups excluding tert-OH is 1. The highest BCUT2D eigenvalue weighted by Crippen LogP contribution is 2.38. The molecule has 1 atom stereocenters. The van der Waals surface area contributed by atoms with E-state index in [2.05, 4.69) is 15.9 Å². The van der Waals surface area contributed by atoms with Gasteiger partial charge in [-0.25, -0.2) is 4.79 Å². The molecule has 0 bridgehead atoms. The van der Waals surface area contributed by atoms with E-state index in [0.717, 1.165) is 31.5 Å². The summed E-state index contributed by atoms with van der Waals surface area (Å²) in [6.07, 6.45) is 3.06. The van der Waals surface area contributed by atoms with Gasteiger partial charge in [0.25, 0.3) is 5.56 Å². The zero-order valence-corrected chi connectivity index (χ0v) is 20.4. The molecule has 1 aromatic heterocycles. The Morgan fingerprint density at radius 3 is 2.20 bits per heavy atom. The van der Waals surface area contributed by atoms with E-state index in [1.165, 1.54) is 4.57 Å².